The predicted molar refractivity (Wildman–Crippen MR) is 132 cm³/mol. The average molecular weight is 508 g/mol. The minimum atomic E-state index is -0.919. The van der Waals surface area contributed by atoms with Crippen LogP contribution in [0.5, 0.6) is 11.5 Å². The number of amides is 1. The van der Waals surface area contributed by atoms with Crippen molar-refractivity contribution >= 4 is 34.3 Å². The summed E-state index contributed by atoms with van der Waals surface area (Å²) >= 11 is 6.15. The van der Waals surface area contributed by atoms with Crippen LogP contribution in [0.1, 0.15) is 27.9 Å². The largest absolute Gasteiger partial charge is 0.503 e. The lowest BCUT2D eigenvalue weighted by atomic mass is 9.99. The van der Waals surface area contributed by atoms with Gasteiger partial charge in [0.2, 0.25) is 5.78 Å². The molecular weight excluding hydrogens is 486 g/mol. The second-order valence-corrected chi connectivity index (χ2v) is 8.68. The molecule has 4 aromatic rings. The van der Waals surface area contributed by atoms with Gasteiger partial charge in [0.15, 0.2) is 22.9 Å². The van der Waals surface area contributed by atoms with Crippen LogP contribution in [0.2, 0.25) is 5.02 Å². The van der Waals surface area contributed by atoms with Crippen molar-refractivity contribution in [3.05, 3.63) is 94.3 Å². The highest BCUT2D eigenvalue weighted by Gasteiger charge is 2.45. The molecule has 1 atom stereocenters. The van der Waals surface area contributed by atoms with E-state index in [0.29, 0.717) is 33.9 Å². The number of hydrogen-bond donors (Lipinski definition) is 1. The third-order valence-electron chi connectivity index (χ3n) is 6.15. The lowest BCUT2D eigenvalue weighted by molar-refractivity contribution is -0.129. The van der Waals surface area contributed by atoms with E-state index in [1.54, 1.807) is 31.4 Å². The molecule has 1 N–H and O–H groups in total. The highest BCUT2D eigenvalue weighted by atomic mass is 35.5. The SMILES string of the molecule is COc1ccc(CCN2C(=O)C(O)=C(C(=O)c3cc4cc(Cl)cc(OC)c4o3)C2c2ccco2)cc1. The zero-order valence-electron chi connectivity index (χ0n) is 19.5. The molecule has 1 unspecified atom stereocenters. The Morgan fingerprint density at radius 1 is 1.11 bits per heavy atom. The topological polar surface area (TPSA) is 102 Å². The Kier molecular flexibility index (Phi) is 6.20. The van der Waals surface area contributed by atoms with Crippen molar-refractivity contribution in [3.63, 3.8) is 0 Å². The van der Waals surface area contributed by atoms with Gasteiger partial charge in [0, 0.05) is 23.0 Å². The molecule has 0 fully saturated rings. The minimum absolute atomic E-state index is 0.0616. The summed E-state index contributed by atoms with van der Waals surface area (Å²) in [7, 11) is 3.05. The Labute approximate surface area is 211 Å². The van der Waals surface area contributed by atoms with Crippen LogP contribution in [0.4, 0.5) is 0 Å². The van der Waals surface area contributed by atoms with Gasteiger partial charge in [-0.05, 0) is 48.4 Å². The second-order valence-electron chi connectivity index (χ2n) is 8.24. The van der Waals surface area contributed by atoms with Gasteiger partial charge in [-0.2, -0.15) is 0 Å². The summed E-state index contributed by atoms with van der Waals surface area (Å²) in [6.07, 6.45) is 1.94. The molecule has 0 aliphatic carbocycles. The number of furan rings is 2. The van der Waals surface area contributed by atoms with Crippen LogP contribution in [-0.4, -0.2) is 42.5 Å². The number of aliphatic hydroxyl groups excluding tert-OH is 1. The molecule has 2 aromatic heterocycles. The van der Waals surface area contributed by atoms with Crippen LogP contribution in [0.25, 0.3) is 11.0 Å². The molecule has 1 aliphatic rings. The number of aliphatic hydroxyl groups is 1. The molecule has 0 bridgehead atoms. The summed E-state index contributed by atoms with van der Waals surface area (Å²) in [6, 6.07) is 14.6. The van der Waals surface area contributed by atoms with Crippen molar-refractivity contribution in [1.29, 1.82) is 0 Å². The first kappa shape index (κ1) is 23.6. The van der Waals surface area contributed by atoms with E-state index in [1.165, 1.54) is 24.3 Å². The second kappa shape index (κ2) is 9.47. The molecule has 1 amide bonds. The highest BCUT2D eigenvalue weighted by molar-refractivity contribution is 6.31. The first-order valence-corrected chi connectivity index (χ1v) is 11.5. The molecule has 8 nitrogen and oxygen atoms in total. The average Bonchev–Trinajstić information content (AvgIpc) is 3.61. The maximum absolute atomic E-state index is 13.6. The number of hydrogen-bond acceptors (Lipinski definition) is 7. The number of benzene rings is 2. The van der Waals surface area contributed by atoms with E-state index in [4.69, 9.17) is 29.9 Å². The number of ether oxygens (including phenoxy) is 2. The van der Waals surface area contributed by atoms with E-state index in [-0.39, 0.29) is 17.9 Å². The number of rotatable bonds is 8. The van der Waals surface area contributed by atoms with E-state index in [0.717, 1.165) is 11.3 Å². The Bertz CT molecular complexity index is 1470. The molecular formula is C27H22ClNO7. The first-order valence-electron chi connectivity index (χ1n) is 11.1. The molecule has 0 spiro atoms. The van der Waals surface area contributed by atoms with Crippen molar-refractivity contribution in [1.82, 2.24) is 4.90 Å². The Morgan fingerprint density at radius 2 is 1.89 bits per heavy atom. The van der Waals surface area contributed by atoms with Gasteiger partial charge in [0.25, 0.3) is 5.91 Å². The molecule has 184 valence electrons. The van der Waals surface area contributed by atoms with Crippen molar-refractivity contribution in [2.75, 3.05) is 20.8 Å². The summed E-state index contributed by atoms with van der Waals surface area (Å²) in [5, 5.41) is 11.8. The van der Waals surface area contributed by atoms with Crippen molar-refractivity contribution in [3.8, 4) is 11.5 Å². The smallest absolute Gasteiger partial charge is 0.290 e. The Morgan fingerprint density at radius 3 is 2.56 bits per heavy atom. The standard InChI is InChI=1S/C27H22ClNO7/c1-33-18-7-5-15(6-8-18)9-10-29-23(19-4-3-11-35-19)22(25(31)27(29)32)24(30)20-13-16-12-17(28)14-21(34-2)26(16)36-20/h3-8,11-14,23,31H,9-10H2,1-2H3. The van der Waals surface area contributed by atoms with Gasteiger partial charge in [0.1, 0.15) is 17.6 Å². The third kappa shape index (κ3) is 4.09. The highest BCUT2D eigenvalue weighted by Crippen LogP contribution is 2.41. The van der Waals surface area contributed by atoms with Crippen LogP contribution in [0.15, 0.2) is 81.0 Å². The third-order valence-corrected chi connectivity index (χ3v) is 6.37. The number of carbonyl (C=O) groups excluding carboxylic acids is 2. The number of halogens is 1. The first-order chi connectivity index (χ1) is 17.4. The summed E-state index contributed by atoms with van der Waals surface area (Å²) in [5.74, 6) is -0.563. The van der Waals surface area contributed by atoms with Gasteiger partial charge in [-0.1, -0.05) is 23.7 Å². The lowest BCUT2D eigenvalue weighted by Crippen LogP contribution is -2.32. The number of ketones is 1. The zero-order chi connectivity index (χ0) is 25.4. The number of carbonyl (C=O) groups is 2. The predicted octanol–water partition coefficient (Wildman–Crippen LogP) is 5.52. The van der Waals surface area contributed by atoms with Crippen LogP contribution < -0.4 is 9.47 Å². The van der Waals surface area contributed by atoms with E-state index >= 15 is 0 Å². The number of methoxy groups -OCH3 is 2. The molecule has 9 heteroatoms. The Hall–Kier alpha value is -4.17. The number of nitrogens with zero attached hydrogens (tertiary/aromatic N) is 1. The van der Waals surface area contributed by atoms with Gasteiger partial charge >= 0.3 is 0 Å². The van der Waals surface area contributed by atoms with Gasteiger partial charge in [-0.15, -0.1) is 0 Å². The van der Waals surface area contributed by atoms with Gasteiger partial charge in [0.05, 0.1) is 26.1 Å². The van der Waals surface area contributed by atoms with Gasteiger partial charge in [-0.3, -0.25) is 9.59 Å². The van der Waals surface area contributed by atoms with E-state index in [9.17, 15) is 14.7 Å². The Balaban J connectivity index is 1.49. The number of fused-ring (bicyclic) bond motifs is 1. The lowest BCUT2D eigenvalue weighted by Gasteiger charge is -2.24. The summed E-state index contributed by atoms with van der Waals surface area (Å²) in [5.41, 5.74) is 1.18. The fourth-order valence-corrected chi connectivity index (χ4v) is 4.60. The maximum Gasteiger partial charge on any atom is 0.290 e. The van der Waals surface area contributed by atoms with Crippen LogP contribution in [0.3, 0.4) is 0 Å². The van der Waals surface area contributed by atoms with E-state index < -0.39 is 23.5 Å². The summed E-state index contributed by atoms with van der Waals surface area (Å²) in [4.78, 5) is 28.2. The van der Waals surface area contributed by atoms with Crippen molar-refractivity contribution < 1.29 is 33.0 Å². The molecule has 2 aromatic carbocycles. The fourth-order valence-electron chi connectivity index (χ4n) is 4.38. The van der Waals surface area contributed by atoms with Crippen molar-refractivity contribution in [2.24, 2.45) is 0 Å². The molecule has 0 radical (unpaired) electrons. The monoisotopic (exact) mass is 507 g/mol. The van der Waals surface area contributed by atoms with Gasteiger partial charge < -0.3 is 28.3 Å². The molecule has 3 heterocycles. The molecule has 36 heavy (non-hydrogen) atoms. The van der Waals surface area contributed by atoms with Gasteiger partial charge in [-0.25, -0.2) is 0 Å². The minimum Gasteiger partial charge on any atom is -0.503 e. The summed E-state index contributed by atoms with van der Waals surface area (Å²) in [6.45, 7) is 0.237. The molecule has 5 rings (SSSR count). The fraction of sp³-hybridized carbons (Fsp3) is 0.185. The normalized spacial score (nSPS) is 15.7. The zero-order valence-corrected chi connectivity index (χ0v) is 20.2. The van der Waals surface area contributed by atoms with Crippen LogP contribution in [0, 0.1) is 0 Å². The molecule has 0 saturated carbocycles. The van der Waals surface area contributed by atoms with Crippen LogP contribution in [-0.2, 0) is 11.2 Å². The molecule has 0 saturated heterocycles. The molecule has 1 aliphatic heterocycles. The maximum atomic E-state index is 13.6. The summed E-state index contributed by atoms with van der Waals surface area (Å²) < 4.78 is 21.9. The van der Waals surface area contributed by atoms with E-state index in [1.807, 2.05) is 24.3 Å². The quantitative estimate of drug-likeness (QED) is 0.313. The number of Topliss-reactive ketones (excluding diaryl/α,β-unsaturated/α-hetero) is 1. The van der Waals surface area contributed by atoms with E-state index in [2.05, 4.69) is 0 Å². The van der Waals surface area contributed by atoms with Crippen molar-refractivity contribution in [2.45, 2.75) is 12.5 Å². The van der Waals surface area contributed by atoms with Crippen LogP contribution >= 0.6 is 11.6 Å².